The van der Waals surface area contributed by atoms with Crippen molar-refractivity contribution < 1.29 is 20.3 Å². The van der Waals surface area contributed by atoms with Gasteiger partial charge in [-0.3, -0.25) is 0 Å². The molecule has 0 aromatic rings. The van der Waals surface area contributed by atoms with Crippen LogP contribution in [0.5, 0.6) is 0 Å². The van der Waals surface area contributed by atoms with Gasteiger partial charge in [-0.15, -0.1) is 0 Å². The molecular formula is C16H30LiN3. The SMILES string of the molecule is NCCCCCCC(CCCN)C1=CC=CC=CN1.[H-].[Li+]. The molecule has 0 saturated carbocycles. The summed E-state index contributed by atoms with van der Waals surface area (Å²) in [4.78, 5) is 0. The number of nitrogens with one attached hydrogen (secondary N) is 1. The van der Waals surface area contributed by atoms with E-state index in [9.17, 15) is 0 Å². The zero-order chi connectivity index (χ0) is 13.8. The first-order valence-corrected chi connectivity index (χ1v) is 7.58. The average Bonchev–Trinajstić information content (AvgIpc) is 2.71. The third-order valence-corrected chi connectivity index (χ3v) is 3.55. The fourth-order valence-corrected chi connectivity index (χ4v) is 2.43. The Balaban J connectivity index is 0. The normalized spacial score (nSPS) is 15.0. The second-order valence-corrected chi connectivity index (χ2v) is 5.13. The van der Waals surface area contributed by atoms with E-state index in [0.717, 1.165) is 25.9 Å². The van der Waals surface area contributed by atoms with Crippen LogP contribution < -0.4 is 35.6 Å². The molecule has 1 unspecified atom stereocenters. The molecule has 20 heavy (non-hydrogen) atoms. The van der Waals surface area contributed by atoms with E-state index in [1.165, 1.54) is 37.8 Å². The van der Waals surface area contributed by atoms with Gasteiger partial charge in [0.15, 0.2) is 0 Å². The summed E-state index contributed by atoms with van der Waals surface area (Å²) in [7, 11) is 0. The largest absolute Gasteiger partial charge is 1.00 e. The van der Waals surface area contributed by atoms with E-state index in [1.54, 1.807) is 0 Å². The van der Waals surface area contributed by atoms with Crippen molar-refractivity contribution in [2.45, 2.75) is 44.9 Å². The van der Waals surface area contributed by atoms with Crippen LogP contribution in [0.2, 0.25) is 0 Å². The van der Waals surface area contributed by atoms with Crippen molar-refractivity contribution in [1.29, 1.82) is 0 Å². The summed E-state index contributed by atoms with van der Waals surface area (Å²) in [6.07, 6.45) is 18.9. The number of hydrogen-bond donors (Lipinski definition) is 3. The van der Waals surface area contributed by atoms with Crippen molar-refractivity contribution in [1.82, 2.24) is 5.32 Å². The van der Waals surface area contributed by atoms with Gasteiger partial charge in [0.25, 0.3) is 0 Å². The van der Waals surface area contributed by atoms with Crippen molar-refractivity contribution in [3.63, 3.8) is 0 Å². The van der Waals surface area contributed by atoms with Crippen LogP contribution in [0.15, 0.2) is 36.2 Å². The van der Waals surface area contributed by atoms with Gasteiger partial charge >= 0.3 is 18.9 Å². The maximum atomic E-state index is 5.65. The van der Waals surface area contributed by atoms with E-state index in [1.807, 2.05) is 12.3 Å². The van der Waals surface area contributed by atoms with Crippen LogP contribution in [0.1, 0.15) is 46.4 Å². The van der Waals surface area contributed by atoms with E-state index in [-0.39, 0.29) is 20.3 Å². The molecule has 0 spiro atoms. The van der Waals surface area contributed by atoms with Crippen LogP contribution in [-0.2, 0) is 0 Å². The molecule has 0 aliphatic carbocycles. The van der Waals surface area contributed by atoms with Crippen molar-refractivity contribution in [3.8, 4) is 0 Å². The molecule has 0 fully saturated rings. The Morgan fingerprint density at radius 3 is 2.35 bits per heavy atom. The van der Waals surface area contributed by atoms with Crippen LogP contribution in [0.25, 0.3) is 0 Å². The van der Waals surface area contributed by atoms with Gasteiger partial charge in [0, 0.05) is 11.9 Å². The number of nitrogens with two attached hydrogens (primary N) is 2. The quantitative estimate of drug-likeness (QED) is 0.385. The average molecular weight is 271 g/mol. The molecule has 1 aliphatic rings. The van der Waals surface area contributed by atoms with E-state index < -0.39 is 0 Å². The Morgan fingerprint density at radius 2 is 1.60 bits per heavy atom. The zero-order valence-electron chi connectivity index (χ0n) is 14.0. The second-order valence-electron chi connectivity index (χ2n) is 5.13. The first kappa shape index (κ1) is 19.5. The zero-order valence-corrected chi connectivity index (χ0v) is 13.0. The molecule has 1 atom stereocenters. The second kappa shape index (κ2) is 13.5. The van der Waals surface area contributed by atoms with Crippen LogP contribution in [0.3, 0.4) is 0 Å². The van der Waals surface area contributed by atoms with Gasteiger partial charge in [-0.1, -0.05) is 31.4 Å². The first-order chi connectivity index (χ1) is 9.38. The van der Waals surface area contributed by atoms with E-state index in [4.69, 9.17) is 11.5 Å². The maximum Gasteiger partial charge on any atom is 1.00 e. The summed E-state index contributed by atoms with van der Waals surface area (Å²) in [6.45, 7) is 1.60. The van der Waals surface area contributed by atoms with Gasteiger partial charge in [0.05, 0.1) is 0 Å². The molecular weight excluding hydrogens is 241 g/mol. The topological polar surface area (TPSA) is 64.1 Å². The first-order valence-electron chi connectivity index (χ1n) is 7.58. The Kier molecular flexibility index (Phi) is 13.2. The number of rotatable bonds is 10. The molecule has 0 amide bonds. The Bertz CT molecular complexity index is 317. The molecule has 5 N–H and O–H groups in total. The van der Waals surface area contributed by atoms with Gasteiger partial charge in [-0.25, -0.2) is 0 Å². The van der Waals surface area contributed by atoms with Crippen LogP contribution >= 0.6 is 0 Å². The van der Waals surface area contributed by atoms with E-state index in [0.29, 0.717) is 5.92 Å². The Labute approximate surface area is 137 Å². The third kappa shape index (κ3) is 8.66. The molecule has 0 aromatic heterocycles. The fourth-order valence-electron chi connectivity index (χ4n) is 2.43. The summed E-state index contributed by atoms with van der Waals surface area (Å²) in [5.74, 6) is 0.605. The van der Waals surface area contributed by atoms with Gasteiger partial charge in [-0.05, 0) is 56.8 Å². The van der Waals surface area contributed by atoms with E-state index in [2.05, 4.69) is 23.5 Å². The molecule has 1 heterocycles. The fraction of sp³-hybridized carbons (Fsp3) is 0.625. The minimum atomic E-state index is 0. The van der Waals surface area contributed by atoms with Crippen LogP contribution in [0.4, 0.5) is 0 Å². The predicted octanol–water partition coefficient (Wildman–Crippen LogP) is -0.0758. The van der Waals surface area contributed by atoms with Gasteiger partial charge in [0.2, 0.25) is 0 Å². The van der Waals surface area contributed by atoms with Crippen LogP contribution in [0, 0.1) is 5.92 Å². The van der Waals surface area contributed by atoms with Crippen molar-refractivity contribution >= 4 is 0 Å². The van der Waals surface area contributed by atoms with Crippen molar-refractivity contribution in [2.75, 3.05) is 13.1 Å². The predicted molar refractivity (Wildman–Crippen MR) is 84.5 cm³/mol. The van der Waals surface area contributed by atoms with Crippen LogP contribution in [-0.4, -0.2) is 13.1 Å². The summed E-state index contributed by atoms with van der Waals surface area (Å²) >= 11 is 0. The summed E-state index contributed by atoms with van der Waals surface area (Å²) in [5.41, 5.74) is 12.5. The minimum Gasteiger partial charge on any atom is -1.00 e. The Hall–Kier alpha value is -0.463. The van der Waals surface area contributed by atoms with E-state index >= 15 is 0 Å². The van der Waals surface area contributed by atoms with Gasteiger partial charge < -0.3 is 18.2 Å². The molecule has 0 bridgehead atoms. The molecule has 1 rings (SSSR count). The van der Waals surface area contributed by atoms with Gasteiger partial charge in [0.1, 0.15) is 0 Å². The Morgan fingerprint density at radius 1 is 0.900 bits per heavy atom. The van der Waals surface area contributed by atoms with Crippen molar-refractivity contribution in [3.05, 3.63) is 36.2 Å². The number of hydrogen-bond acceptors (Lipinski definition) is 3. The molecule has 0 aromatic carbocycles. The van der Waals surface area contributed by atoms with Gasteiger partial charge in [-0.2, -0.15) is 0 Å². The molecule has 1 aliphatic heterocycles. The maximum absolute atomic E-state index is 5.65. The smallest absolute Gasteiger partial charge is 1.00 e. The monoisotopic (exact) mass is 271 g/mol. The molecule has 3 nitrogen and oxygen atoms in total. The molecule has 4 heteroatoms. The third-order valence-electron chi connectivity index (χ3n) is 3.55. The van der Waals surface area contributed by atoms with Crippen molar-refractivity contribution in [2.24, 2.45) is 17.4 Å². The molecule has 110 valence electrons. The molecule has 0 radical (unpaired) electrons. The summed E-state index contributed by atoms with van der Waals surface area (Å²) in [5, 5.41) is 3.40. The standard InChI is InChI=1S/C16H29N3.Li.H/c17-12-6-2-1-4-9-15(10-8-13-18)16-11-5-3-7-14-19-16;;/h3,5,7,11,14-15,19H,1-2,4,6,8-10,12-13,17-18H2;;/q;+1;-1. The minimum absolute atomic E-state index is 0. The molecule has 0 saturated heterocycles. The summed E-state index contributed by atoms with van der Waals surface area (Å²) < 4.78 is 0. The number of allylic oxidation sites excluding steroid dienone is 5. The number of unbranched alkanes of at least 4 members (excludes halogenated alkanes) is 3. The summed E-state index contributed by atoms with van der Waals surface area (Å²) in [6, 6.07) is 0.